The van der Waals surface area contributed by atoms with Crippen LogP contribution >= 0.6 is 0 Å². The number of carboxylic acids is 1. The molecule has 0 radical (unpaired) electrons. The van der Waals surface area contributed by atoms with Gasteiger partial charge < -0.3 is 10.0 Å². The number of para-hydroxylation sites is 1. The van der Waals surface area contributed by atoms with E-state index in [0.29, 0.717) is 12.3 Å². The lowest BCUT2D eigenvalue weighted by molar-refractivity contribution is -0.138. The third kappa shape index (κ3) is 1.56. The minimum absolute atomic E-state index is 0.408. The van der Waals surface area contributed by atoms with Crippen LogP contribution in [-0.4, -0.2) is 24.2 Å². The van der Waals surface area contributed by atoms with Crippen molar-refractivity contribution < 1.29 is 9.90 Å². The highest BCUT2D eigenvalue weighted by molar-refractivity contribution is 5.83. The number of nitrogens with zero attached hydrogens (tertiary/aromatic N) is 1. The zero-order valence-electron chi connectivity index (χ0n) is 9.90. The SMILES string of the molecule is CC(C)c1cccc2c1N(C)C(C(=O)O)C2. The normalized spacial score (nSPS) is 19.0. The maximum absolute atomic E-state index is 11.1. The molecule has 0 aliphatic carbocycles. The summed E-state index contributed by atoms with van der Waals surface area (Å²) in [5.74, 6) is -0.321. The summed E-state index contributed by atoms with van der Waals surface area (Å²) in [6.07, 6.45) is 0.613. The van der Waals surface area contributed by atoms with E-state index >= 15 is 0 Å². The number of hydrogen-bond donors (Lipinski definition) is 1. The standard InChI is InChI=1S/C13H17NO2/c1-8(2)10-6-4-5-9-7-11(13(15)16)14(3)12(9)10/h4-6,8,11H,7H2,1-3H3,(H,15,16). The molecule has 16 heavy (non-hydrogen) atoms. The van der Waals surface area contributed by atoms with Crippen molar-refractivity contribution in [2.45, 2.75) is 32.2 Å². The zero-order valence-corrected chi connectivity index (χ0v) is 9.90. The van der Waals surface area contributed by atoms with Crippen LogP contribution in [0.25, 0.3) is 0 Å². The van der Waals surface area contributed by atoms with Gasteiger partial charge in [0.25, 0.3) is 0 Å². The fourth-order valence-electron chi connectivity index (χ4n) is 2.43. The largest absolute Gasteiger partial charge is 0.480 e. The molecule has 1 aliphatic heterocycles. The number of carbonyl (C=O) groups is 1. The molecule has 1 aromatic rings. The van der Waals surface area contributed by atoms with Gasteiger partial charge in [0, 0.05) is 19.2 Å². The molecule has 0 aromatic heterocycles. The summed E-state index contributed by atoms with van der Waals surface area (Å²) in [5, 5.41) is 9.14. The molecule has 1 unspecified atom stereocenters. The van der Waals surface area contributed by atoms with Crippen LogP contribution in [0.5, 0.6) is 0 Å². The molecular formula is C13H17NO2. The van der Waals surface area contributed by atoms with Gasteiger partial charge in [0.1, 0.15) is 6.04 Å². The highest BCUT2D eigenvalue weighted by Gasteiger charge is 2.33. The van der Waals surface area contributed by atoms with Crippen molar-refractivity contribution in [3.05, 3.63) is 29.3 Å². The zero-order chi connectivity index (χ0) is 11.9. The molecule has 1 N–H and O–H groups in total. The summed E-state index contributed by atoms with van der Waals surface area (Å²) < 4.78 is 0. The molecule has 1 atom stereocenters. The predicted octanol–water partition coefficient (Wildman–Crippen LogP) is 2.26. The molecule has 0 spiro atoms. The molecule has 3 nitrogen and oxygen atoms in total. The third-order valence-corrected chi connectivity index (χ3v) is 3.29. The van der Waals surface area contributed by atoms with Crippen LogP contribution in [0.1, 0.15) is 30.9 Å². The van der Waals surface area contributed by atoms with E-state index in [9.17, 15) is 4.79 Å². The van der Waals surface area contributed by atoms with E-state index in [1.54, 1.807) is 0 Å². The average Bonchev–Trinajstić information content (AvgIpc) is 2.56. The summed E-state index contributed by atoms with van der Waals surface area (Å²) in [6, 6.07) is 5.73. The summed E-state index contributed by atoms with van der Waals surface area (Å²) >= 11 is 0. The van der Waals surface area contributed by atoms with Gasteiger partial charge in [-0.1, -0.05) is 32.0 Å². The number of benzene rings is 1. The van der Waals surface area contributed by atoms with Crippen molar-refractivity contribution in [1.82, 2.24) is 0 Å². The number of hydrogen-bond acceptors (Lipinski definition) is 2. The van der Waals surface area contributed by atoms with Crippen molar-refractivity contribution in [3.8, 4) is 0 Å². The van der Waals surface area contributed by atoms with Crippen molar-refractivity contribution in [2.24, 2.45) is 0 Å². The number of carboxylic acid groups (broad SMARTS) is 1. The Hall–Kier alpha value is -1.51. The Bertz CT molecular complexity index is 426. The molecule has 3 heteroatoms. The Morgan fingerprint density at radius 1 is 1.50 bits per heavy atom. The van der Waals surface area contributed by atoms with E-state index in [1.807, 2.05) is 24.1 Å². The Morgan fingerprint density at radius 3 is 2.75 bits per heavy atom. The number of fused-ring (bicyclic) bond motifs is 1. The lowest BCUT2D eigenvalue weighted by Crippen LogP contribution is -2.35. The maximum Gasteiger partial charge on any atom is 0.326 e. The van der Waals surface area contributed by atoms with E-state index in [2.05, 4.69) is 19.9 Å². The van der Waals surface area contributed by atoms with Crippen LogP contribution in [0, 0.1) is 0 Å². The summed E-state index contributed by atoms with van der Waals surface area (Å²) in [6.45, 7) is 4.27. The van der Waals surface area contributed by atoms with Crippen molar-refractivity contribution in [1.29, 1.82) is 0 Å². The Labute approximate surface area is 95.7 Å². The topological polar surface area (TPSA) is 40.5 Å². The lowest BCUT2D eigenvalue weighted by Gasteiger charge is -2.22. The molecule has 0 fully saturated rings. The van der Waals surface area contributed by atoms with Crippen molar-refractivity contribution >= 4 is 11.7 Å². The number of aliphatic carboxylic acids is 1. The number of rotatable bonds is 2. The summed E-state index contributed by atoms with van der Waals surface area (Å²) in [5.41, 5.74) is 3.51. The quantitative estimate of drug-likeness (QED) is 0.829. The van der Waals surface area contributed by atoms with Crippen LogP contribution in [0.2, 0.25) is 0 Å². The fraction of sp³-hybridized carbons (Fsp3) is 0.462. The molecule has 86 valence electrons. The first-order valence-electron chi connectivity index (χ1n) is 5.59. The minimum Gasteiger partial charge on any atom is -0.480 e. The summed E-state index contributed by atoms with van der Waals surface area (Å²) in [4.78, 5) is 13.0. The van der Waals surface area contributed by atoms with Gasteiger partial charge in [-0.2, -0.15) is 0 Å². The Balaban J connectivity index is 2.48. The van der Waals surface area contributed by atoms with Gasteiger partial charge >= 0.3 is 5.97 Å². The van der Waals surface area contributed by atoms with Gasteiger partial charge in [-0.05, 0) is 17.0 Å². The van der Waals surface area contributed by atoms with Gasteiger partial charge in [0.05, 0.1) is 0 Å². The molecule has 0 saturated heterocycles. The first-order valence-corrected chi connectivity index (χ1v) is 5.59. The molecule has 1 aromatic carbocycles. The second-order valence-electron chi connectivity index (χ2n) is 4.68. The number of anilines is 1. The van der Waals surface area contributed by atoms with E-state index in [4.69, 9.17) is 5.11 Å². The lowest BCUT2D eigenvalue weighted by atomic mass is 9.98. The summed E-state index contributed by atoms with van der Waals surface area (Å²) in [7, 11) is 1.87. The van der Waals surface area contributed by atoms with Crippen LogP contribution < -0.4 is 4.90 Å². The van der Waals surface area contributed by atoms with E-state index < -0.39 is 12.0 Å². The molecule has 1 aliphatic rings. The smallest absolute Gasteiger partial charge is 0.326 e. The number of likely N-dealkylation sites (N-methyl/N-ethyl adjacent to an activating group) is 1. The molecule has 0 saturated carbocycles. The molecule has 2 rings (SSSR count). The van der Waals surface area contributed by atoms with E-state index in [-0.39, 0.29) is 0 Å². The Kier molecular flexibility index (Phi) is 2.62. The first kappa shape index (κ1) is 11.0. The second-order valence-corrected chi connectivity index (χ2v) is 4.68. The minimum atomic E-state index is -0.742. The fourth-order valence-corrected chi connectivity index (χ4v) is 2.43. The van der Waals surface area contributed by atoms with Gasteiger partial charge in [0.15, 0.2) is 0 Å². The third-order valence-electron chi connectivity index (χ3n) is 3.29. The predicted molar refractivity (Wildman–Crippen MR) is 64.1 cm³/mol. The second kappa shape index (κ2) is 3.81. The molecule has 1 heterocycles. The van der Waals surface area contributed by atoms with E-state index in [1.165, 1.54) is 5.56 Å². The van der Waals surface area contributed by atoms with Crippen LogP contribution in [-0.2, 0) is 11.2 Å². The average molecular weight is 219 g/mol. The highest BCUT2D eigenvalue weighted by atomic mass is 16.4. The first-order chi connectivity index (χ1) is 7.52. The van der Waals surface area contributed by atoms with E-state index in [0.717, 1.165) is 11.3 Å². The highest BCUT2D eigenvalue weighted by Crippen LogP contribution is 2.37. The molecule has 0 bridgehead atoms. The van der Waals surface area contributed by atoms with Gasteiger partial charge in [0.2, 0.25) is 0 Å². The van der Waals surface area contributed by atoms with Gasteiger partial charge in [-0.15, -0.1) is 0 Å². The maximum atomic E-state index is 11.1. The van der Waals surface area contributed by atoms with Crippen molar-refractivity contribution in [3.63, 3.8) is 0 Å². The van der Waals surface area contributed by atoms with Gasteiger partial charge in [-0.25, -0.2) is 4.79 Å². The van der Waals surface area contributed by atoms with Crippen LogP contribution in [0.3, 0.4) is 0 Å². The van der Waals surface area contributed by atoms with Crippen molar-refractivity contribution in [2.75, 3.05) is 11.9 Å². The van der Waals surface area contributed by atoms with Crippen LogP contribution in [0.4, 0.5) is 5.69 Å². The van der Waals surface area contributed by atoms with Gasteiger partial charge in [-0.3, -0.25) is 0 Å². The molecular weight excluding hydrogens is 202 g/mol. The monoisotopic (exact) mass is 219 g/mol. The molecule has 0 amide bonds. The van der Waals surface area contributed by atoms with Crippen LogP contribution in [0.15, 0.2) is 18.2 Å². The Morgan fingerprint density at radius 2 is 2.19 bits per heavy atom.